The average Bonchev–Trinajstić information content (AvgIpc) is 2.42. The minimum Gasteiger partial charge on any atom is -0.403 e. The monoisotopic (exact) mass is 310 g/mol. The van der Waals surface area contributed by atoms with Gasteiger partial charge in [-0.3, -0.25) is 4.90 Å². The van der Waals surface area contributed by atoms with Crippen molar-refractivity contribution in [2.24, 2.45) is 0 Å². The Morgan fingerprint density at radius 3 is 2.43 bits per heavy atom. The lowest BCUT2D eigenvalue weighted by atomic mass is 10.1. The van der Waals surface area contributed by atoms with Crippen LogP contribution < -0.4 is 10.1 Å². The molecule has 2 rings (SSSR count). The second kappa shape index (κ2) is 6.57. The van der Waals surface area contributed by atoms with Gasteiger partial charge in [0.2, 0.25) is 0 Å². The largest absolute Gasteiger partial charge is 0.573 e. The summed E-state index contributed by atoms with van der Waals surface area (Å²) in [6.45, 7) is 1.83. The molecule has 1 fully saturated rings. The van der Waals surface area contributed by atoms with Crippen LogP contribution in [0.15, 0.2) is 18.2 Å². The highest BCUT2D eigenvalue weighted by atomic mass is 19.4. The van der Waals surface area contributed by atoms with Gasteiger partial charge in [0, 0.05) is 26.2 Å². The summed E-state index contributed by atoms with van der Waals surface area (Å²) in [5, 5.41) is 3.11. The molecule has 1 aliphatic heterocycles. The maximum atomic E-state index is 13.7. The Bertz CT molecular complexity index is 474. The SMILES string of the molecule is FC[C@H](c1ccc(OC(F)(F)F)c(F)c1)N1CCNCC1. The van der Waals surface area contributed by atoms with E-state index < -0.39 is 30.6 Å². The van der Waals surface area contributed by atoms with E-state index in [-0.39, 0.29) is 0 Å². The van der Waals surface area contributed by atoms with Crippen LogP contribution in [0.1, 0.15) is 11.6 Å². The van der Waals surface area contributed by atoms with Crippen LogP contribution in [0.5, 0.6) is 5.75 Å². The summed E-state index contributed by atoms with van der Waals surface area (Å²) < 4.78 is 66.7. The molecule has 1 saturated heterocycles. The highest BCUT2D eigenvalue weighted by Gasteiger charge is 2.32. The number of nitrogens with one attached hydrogen (secondary N) is 1. The molecule has 0 aromatic heterocycles. The summed E-state index contributed by atoms with van der Waals surface area (Å²) in [5.74, 6) is -2.07. The summed E-state index contributed by atoms with van der Waals surface area (Å²) >= 11 is 0. The number of ether oxygens (including phenoxy) is 1. The first-order valence-corrected chi connectivity index (χ1v) is 6.46. The zero-order valence-corrected chi connectivity index (χ0v) is 11.1. The standard InChI is InChI=1S/C13H15F5N2O/c14-8-11(20-5-3-19-4-6-20)9-1-2-12(10(15)7-9)21-13(16,17)18/h1-2,7,11,19H,3-6,8H2/t11-/m1/s1. The molecule has 1 atom stereocenters. The summed E-state index contributed by atoms with van der Waals surface area (Å²) in [7, 11) is 0. The molecule has 8 heteroatoms. The molecule has 1 aromatic carbocycles. The number of hydrogen-bond donors (Lipinski definition) is 1. The van der Waals surface area contributed by atoms with Gasteiger partial charge in [0.25, 0.3) is 0 Å². The molecule has 1 N–H and O–H groups in total. The maximum absolute atomic E-state index is 13.7. The van der Waals surface area contributed by atoms with Crippen molar-refractivity contribution < 1.29 is 26.7 Å². The van der Waals surface area contributed by atoms with E-state index in [1.165, 1.54) is 6.07 Å². The van der Waals surface area contributed by atoms with Crippen LogP contribution in [0.4, 0.5) is 22.0 Å². The first-order chi connectivity index (χ1) is 9.90. The van der Waals surface area contributed by atoms with E-state index in [0.29, 0.717) is 31.7 Å². The molecule has 3 nitrogen and oxygen atoms in total. The Labute approximate surface area is 118 Å². The summed E-state index contributed by atoms with van der Waals surface area (Å²) in [4.78, 5) is 1.83. The van der Waals surface area contributed by atoms with Crippen LogP contribution in [0.2, 0.25) is 0 Å². The zero-order valence-electron chi connectivity index (χ0n) is 11.1. The van der Waals surface area contributed by atoms with Crippen LogP contribution in [0.3, 0.4) is 0 Å². The van der Waals surface area contributed by atoms with E-state index >= 15 is 0 Å². The third-order valence-electron chi connectivity index (χ3n) is 3.30. The van der Waals surface area contributed by atoms with Crippen LogP contribution >= 0.6 is 0 Å². The van der Waals surface area contributed by atoms with Crippen LogP contribution in [-0.4, -0.2) is 44.1 Å². The van der Waals surface area contributed by atoms with Gasteiger partial charge in [-0.2, -0.15) is 0 Å². The molecule has 0 spiro atoms. The highest BCUT2D eigenvalue weighted by molar-refractivity contribution is 5.31. The summed E-state index contributed by atoms with van der Waals surface area (Å²) in [6.07, 6.45) is -4.96. The van der Waals surface area contributed by atoms with E-state index in [9.17, 15) is 22.0 Å². The maximum Gasteiger partial charge on any atom is 0.573 e. The van der Waals surface area contributed by atoms with Gasteiger partial charge < -0.3 is 10.1 Å². The quantitative estimate of drug-likeness (QED) is 0.865. The second-order valence-corrected chi connectivity index (χ2v) is 4.69. The third-order valence-corrected chi connectivity index (χ3v) is 3.30. The van der Waals surface area contributed by atoms with Crippen molar-refractivity contribution in [1.29, 1.82) is 0 Å². The lowest BCUT2D eigenvalue weighted by Crippen LogP contribution is -2.45. The highest BCUT2D eigenvalue weighted by Crippen LogP contribution is 2.29. The minimum atomic E-state index is -4.96. The number of benzene rings is 1. The molecule has 0 bridgehead atoms. The van der Waals surface area contributed by atoms with Crippen molar-refractivity contribution >= 4 is 0 Å². The molecule has 0 unspecified atom stereocenters. The van der Waals surface area contributed by atoms with Gasteiger partial charge in [0.1, 0.15) is 6.67 Å². The number of rotatable bonds is 4. The van der Waals surface area contributed by atoms with Gasteiger partial charge in [-0.05, 0) is 17.7 Å². The predicted molar refractivity (Wildman–Crippen MR) is 66.2 cm³/mol. The Morgan fingerprint density at radius 2 is 1.90 bits per heavy atom. The number of halogens is 5. The van der Waals surface area contributed by atoms with Crippen LogP contribution in [-0.2, 0) is 0 Å². The fourth-order valence-corrected chi connectivity index (χ4v) is 2.32. The van der Waals surface area contributed by atoms with Crippen molar-refractivity contribution in [2.45, 2.75) is 12.4 Å². The molecule has 0 amide bonds. The van der Waals surface area contributed by atoms with Gasteiger partial charge in [-0.25, -0.2) is 8.78 Å². The van der Waals surface area contributed by atoms with Crippen LogP contribution in [0, 0.1) is 5.82 Å². The Hall–Kier alpha value is -1.41. The molecule has 1 heterocycles. The lowest BCUT2D eigenvalue weighted by molar-refractivity contribution is -0.275. The van der Waals surface area contributed by atoms with Gasteiger partial charge in [-0.1, -0.05) is 6.07 Å². The molecule has 21 heavy (non-hydrogen) atoms. The normalized spacial score (nSPS) is 18.5. The molecule has 1 aliphatic rings. The Kier molecular flexibility index (Phi) is 5.00. The van der Waals surface area contributed by atoms with Crippen LogP contribution in [0.25, 0.3) is 0 Å². The topological polar surface area (TPSA) is 24.5 Å². The lowest BCUT2D eigenvalue weighted by Gasteiger charge is -2.33. The fraction of sp³-hybridized carbons (Fsp3) is 0.538. The number of piperazine rings is 1. The molecule has 0 radical (unpaired) electrons. The zero-order chi connectivity index (χ0) is 15.5. The van der Waals surface area contributed by atoms with Crippen molar-refractivity contribution in [3.8, 4) is 5.75 Å². The van der Waals surface area contributed by atoms with Gasteiger partial charge in [-0.15, -0.1) is 13.2 Å². The predicted octanol–water partition coefficient (Wildman–Crippen LogP) is 2.64. The van der Waals surface area contributed by atoms with E-state index in [1.54, 1.807) is 0 Å². The molecule has 1 aromatic rings. The van der Waals surface area contributed by atoms with Gasteiger partial charge >= 0.3 is 6.36 Å². The van der Waals surface area contributed by atoms with Gasteiger partial charge in [0.15, 0.2) is 11.6 Å². The molecular formula is C13H15F5N2O. The van der Waals surface area contributed by atoms with Crippen molar-refractivity contribution in [2.75, 3.05) is 32.9 Å². The van der Waals surface area contributed by atoms with E-state index in [0.717, 1.165) is 12.1 Å². The smallest absolute Gasteiger partial charge is 0.403 e. The number of nitrogens with zero attached hydrogens (tertiary/aromatic N) is 1. The second-order valence-electron chi connectivity index (χ2n) is 4.69. The fourth-order valence-electron chi connectivity index (χ4n) is 2.32. The Morgan fingerprint density at radius 1 is 1.24 bits per heavy atom. The minimum absolute atomic E-state index is 0.298. The van der Waals surface area contributed by atoms with Crippen molar-refractivity contribution in [3.63, 3.8) is 0 Å². The molecule has 118 valence electrons. The van der Waals surface area contributed by atoms with E-state index in [2.05, 4.69) is 10.1 Å². The van der Waals surface area contributed by atoms with E-state index in [1.807, 2.05) is 4.90 Å². The molecule has 0 aliphatic carbocycles. The number of alkyl halides is 4. The van der Waals surface area contributed by atoms with E-state index in [4.69, 9.17) is 0 Å². The Balaban J connectivity index is 2.17. The average molecular weight is 310 g/mol. The summed E-state index contributed by atoms with van der Waals surface area (Å²) in [5.41, 5.74) is 0.298. The first-order valence-electron chi connectivity index (χ1n) is 6.46. The van der Waals surface area contributed by atoms with Gasteiger partial charge in [0.05, 0.1) is 6.04 Å². The summed E-state index contributed by atoms with van der Waals surface area (Å²) in [6, 6.07) is 2.37. The van der Waals surface area contributed by atoms with Crippen molar-refractivity contribution in [1.82, 2.24) is 10.2 Å². The number of hydrogen-bond acceptors (Lipinski definition) is 3. The first kappa shape index (κ1) is 16.0. The molecular weight excluding hydrogens is 295 g/mol. The van der Waals surface area contributed by atoms with Crippen molar-refractivity contribution in [3.05, 3.63) is 29.6 Å². The third kappa shape index (κ3) is 4.28. The molecule has 0 saturated carbocycles.